The Labute approximate surface area is 128 Å². The summed E-state index contributed by atoms with van der Waals surface area (Å²) in [5.41, 5.74) is 0. The second kappa shape index (κ2) is 7.58. The van der Waals surface area contributed by atoms with Crippen molar-refractivity contribution in [1.82, 2.24) is 9.62 Å². The first-order valence-electron chi connectivity index (χ1n) is 8.19. The molecule has 0 bridgehead atoms. The molecule has 0 atom stereocenters. The second-order valence-electron chi connectivity index (χ2n) is 6.54. The zero-order valence-corrected chi connectivity index (χ0v) is 13.8. The second-order valence-corrected chi connectivity index (χ2v) is 8.56. The van der Waals surface area contributed by atoms with Gasteiger partial charge in [0.1, 0.15) is 0 Å². The van der Waals surface area contributed by atoms with Crippen molar-refractivity contribution >= 4 is 15.9 Å². The fourth-order valence-corrected chi connectivity index (χ4v) is 5.42. The summed E-state index contributed by atoms with van der Waals surface area (Å²) in [5, 5.41) is 2.81. The number of rotatable bonds is 6. The maximum atomic E-state index is 12.4. The molecule has 1 saturated carbocycles. The lowest BCUT2D eigenvalue weighted by atomic mass is 9.95. The number of sulfonamides is 1. The number of hydrogen-bond donors (Lipinski definition) is 1. The molecule has 1 aliphatic heterocycles. The van der Waals surface area contributed by atoms with Gasteiger partial charge >= 0.3 is 0 Å². The molecular formula is C15H28N2O3S. The lowest BCUT2D eigenvalue weighted by molar-refractivity contribution is -0.119. The topological polar surface area (TPSA) is 66.5 Å². The van der Waals surface area contributed by atoms with Gasteiger partial charge in [-0.25, -0.2) is 12.7 Å². The van der Waals surface area contributed by atoms with E-state index in [0.717, 1.165) is 32.1 Å². The summed E-state index contributed by atoms with van der Waals surface area (Å²) in [5.74, 6) is 1.28. The Morgan fingerprint density at radius 3 is 2.29 bits per heavy atom. The van der Waals surface area contributed by atoms with Crippen LogP contribution in [0.5, 0.6) is 0 Å². The number of piperidine rings is 1. The van der Waals surface area contributed by atoms with Crippen LogP contribution in [0.1, 0.15) is 51.9 Å². The van der Waals surface area contributed by atoms with Crippen molar-refractivity contribution in [2.24, 2.45) is 11.8 Å². The number of carbonyl (C=O) groups excluding carboxylic acids is 1. The maximum Gasteiger partial charge on any atom is 0.216 e. The molecule has 2 rings (SSSR count). The Balaban J connectivity index is 1.73. The molecule has 0 aromatic heterocycles. The van der Waals surface area contributed by atoms with E-state index in [2.05, 4.69) is 5.32 Å². The Morgan fingerprint density at radius 2 is 1.71 bits per heavy atom. The van der Waals surface area contributed by atoms with Gasteiger partial charge in [0.15, 0.2) is 0 Å². The molecule has 2 aliphatic rings. The number of hydrogen-bond acceptors (Lipinski definition) is 3. The van der Waals surface area contributed by atoms with Gasteiger partial charge in [-0.2, -0.15) is 0 Å². The van der Waals surface area contributed by atoms with Gasteiger partial charge in [0.2, 0.25) is 15.9 Å². The van der Waals surface area contributed by atoms with Crippen molar-refractivity contribution in [1.29, 1.82) is 0 Å². The summed E-state index contributed by atoms with van der Waals surface area (Å²) >= 11 is 0. The summed E-state index contributed by atoms with van der Waals surface area (Å²) in [4.78, 5) is 10.8. The predicted molar refractivity (Wildman–Crippen MR) is 83.3 cm³/mol. The van der Waals surface area contributed by atoms with Crippen LogP contribution in [-0.4, -0.2) is 44.0 Å². The Morgan fingerprint density at radius 1 is 1.10 bits per heavy atom. The van der Waals surface area contributed by atoms with Gasteiger partial charge in [-0.15, -0.1) is 0 Å². The van der Waals surface area contributed by atoms with E-state index in [0.29, 0.717) is 37.2 Å². The molecule has 0 radical (unpaired) electrons. The minimum absolute atomic E-state index is 0.00609. The van der Waals surface area contributed by atoms with E-state index in [1.807, 2.05) is 0 Å². The molecular weight excluding hydrogens is 288 g/mol. The highest BCUT2D eigenvalue weighted by atomic mass is 32.2. The van der Waals surface area contributed by atoms with Crippen molar-refractivity contribution < 1.29 is 13.2 Å². The summed E-state index contributed by atoms with van der Waals surface area (Å²) in [6.45, 7) is 3.53. The van der Waals surface area contributed by atoms with Crippen LogP contribution in [0.2, 0.25) is 0 Å². The summed E-state index contributed by atoms with van der Waals surface area (Å²) < 4.78 is 26.5. The van der Waals surface area contributed by atoms with Crippen molar-refractivity contribution in [3.63, 3.8) is 0 Å². The average Bonchev–Trinajstić information content (AvgIpc) is 2.91. The van der Waals surface area contributed by atoms with E-state index in [1.165, 1.54) is 19.8 Å². The van der Waals surface area contributed by atoms with Crippen LogP contribution < -0.4 is 5.32 Å². The Hall–Kier alpha value is -0.620. The van der Waals surface area contributed by atoms with Crippen LogP contribution >= 0.6 is 0 Å². The lowest BCUT2D eigenvalue weighted by Gasteiger charge is -2.32. The lowest BCUT2D eigenvalue weighted by Crippen LogP contribution is -2.41. The quantitative estimate of drug-likeness (QED) is 0.812. The first-order valence-corrected chi connectivity index (χ1v) is 9.80. The summed E-state index contributed by atoms with van der Waals surface area (Å²) in [6, 6.07) is 0. The largest absolute Gasteiger partial charge is 0.356 e. The SMILES string of the molecule is CC(=O)NCCC1CCN(S(=O)(=O)CC2CCCC2)CC1. The Bertz CT molecular complexity index is 436. The van der Waals surface area contributed by atoms with Crippen molar-refractivity contribution in [2.75, 3.05) is 25.4 Å². The normalized spacial score (nSPS) is 22.5. The van der Waals surface area contributed by atoms with E-state index >= 15 is 0 Å². The molecule has 21 heavy (non-hydrogen) atoms. The third kappa shape index (κ3) is 5.25. The highest BCUT2D eigenvalue weighted by Gasteiger charge is 2.30. The first-order chi connectivity index (χ1) is 9.97. The van der Waals surface area contributed by atoms with E-state index < -0.39 is 10.0 Å². The van der Waals surface area contributed by atoms with Gasteiger partial charge in [0, 0.05) is 26.6 Å². The fourth-order valence-electron chi connectivity index (χ4n) is 3.51. The van der Waals surface area contributed by atoms with E-state index in [9.17, 15) is 13.2 Å². The molecule has 5 nitrogen and oxygen atoms in total. The van der Waals surface area contributed by atoms with E-state index in [1.54, 1.807) is 4.31 Å². The molecule has 1 aliphatic carbocycles. The van der Waals surface area contributed by atoms with Crippen molar-refractivity contribution in [2.45, 2.75) is 51.9 Å². The third-order valence-electron chi connectivity index (χ3n) is 4.81. The molecule has 122 valence electrons. The molecule has 1 N–H and O–H groups in total. The predicted octanol–water partition coefficient (Wildman–Crippen LogP) is 1.74. The van der Waals surface area contributed by atoms with Crippen LogP contribution in [0, 0.1) is 11.8 Å². The van der Waals surface area contributed by atoms with E-state index in [4.69, 9.17) is 0 Å². The van der Waals surface area contributed by atoms with Crippen LogP contribution in [0.3, 0.4) is 0 Å². The number of nitrogens with zero attached hydrogens (tertiary/aromatic N) is 1. The van der Waals surface area contributed by atoms with Crippen LogP contribution in [0.15, 0.2) is 0 Å². The van der Waals surface area contributed by atoms with Crippen LogP contribution in [0.25, 0.3) is 0 Å². The molecule has 6 heteroatoms. The Kier molecular flexibility index (Phi) is 6.05. The minimum atomic E-state index is -3.06. The highest BCUT2D eigenvalue weighted by Crippen LogP contribution is 2.28. The maximum absolute atomic E-state index is 12.4. The molecule has 1 heterocycles. The third-order valence-corrected chi connectivity index (χ3v) is 6.86. The summed E-state index contributed by atoms with van der Waals surface area (Å²) in [7, 11) is -3.06. The van der Waals surface area contributed by atoms with Crippen LogP contribution in [0.4, 0.5) is 0 Å². The summed E-state index contributed by atoms with van der Waals surface area (Å²) in [6.07, 6.45) is 7.32. The minimum Gasteiger partial charge on any atom is -0.356 e. The smallest absolute Gasteiger partial charge is 0.216 e. The molecule has 0 unspecified atom stereocenters. The van der Waals surface area contributed by atoms with Gasteiger partial charge in [-0.3, -0.25) is 4.79 Å². The standard InChI is InChI=1S/C15H28N2O3S/c1-13(18)16-9-6-14-7-10-17(11-8-14)21(19,20)12-15-4-2-3-5-15/h14-15H,2-12H2,1H3,(H,16,18). The van der Waals surface area contributed by atoms with Gasteiger partial charge in [0.05, 0.1) is 5.75 Å². The monoisotopic (exact) mass is 316 g/mol. The zero-order valence-electron chi connectivity index (χ0n) is 13.0. The molecule has 0 spiro atoms. The molecule has 0 aromatic carbocycles. The van der Waals surface area contributed by atoms with Crippen molar-refractivity contribution in [3.8, 4) is 0 Å². The number of amides is 1. The van der Waals surface area contributed by atoms with Gasteiger partial charge < -0.3 is 5.32 Å². The highest BCUT2D eigenvalue weighted by molar-refractivity contribution is 7.89. The van der Waals surface area contributed by atoms with E-state index in [-0.39, 0.29) is 5.91 Å². The molecule has 0 aromatic rings. The van der Waals surface area contributed by atoms with Crippen LogP contribution in [-0.2, 0) is 14.8 Å². The first kappa shape index (κ1) is 16.7. The molecule has 1 amide bonds. The number of carbonyl (C=O) groups is 1. The van der Waals surface area contributed by atoms with Gasteiger partial charge in [-0.1, -0.05) is 12.8 Å². The van der Waals surface area contributed by atoms with Gasteiger partial charge in [0.25, 0.3) is 0 Å². The average molecular weight is 316 g/mol. The van der Waals surface area contributed by atoms with Gasteiger partial charge in [-0.05, 0) is 43.9 Å². The number of nitrogens with one attached hydrogen (secondary N) is 1. The molecule has 1 saturated heterocycles. The van der Waals surface area contributed by atoms with Crippen molar-refractivity contribution in [3.05, 3.63) is 0 Å². The zero-order chi connectivity index (χ0) is 15.3. The molecule has 2 fully saturated rings. The fraction of sp³-hybridized carbons (Fsp3) is 0.933.